The second kappa shape index (κ2) is 13.7. The van der Waals surface area contributed by atoms with Crippen molar-refractivity contribution in [2.24, 2.45) is 0 Å². The van der Waals surface area contributed by atoms with Gasteiger partial charge in [0.05, 0.1) is 5.69 Å². The highest BCUT2D eigenvalue weighted by molar-refractivity contribution is 7.25. The second-order valence-electron chi connectivity index (χ2n) is 17.6. The molecular weight excluding hydrogens is 773 g/mol. The molecule has 0 bridgehead atoms. The van der Waals surface area contributed by atoms with Crippen molar-refractivity contribution in [2.45, 2.75) is 38.5 Å². The Morgan fingerprint density at radius 2 is 0.968 bits per heavy atom. The molecule has 12 rings (SSSR count). The van der Waals surface area contributed by atoms with Crippen LogP contribution in [0.2, 0.25) is 0 Å². The Bertz CT molecular complexity index is 3420. The highest BCUT2D eigenvalue weighted by atomic mass is 32.1. The Balaban J connectivity index is 1.03. The van der Waals surface area contributed by atoms with E-state index >= 15 is 0 Å². The van der Waals surface area contributed by atoms with Crippen molar-refractivity contribution in [3.05, 3.63) is 204 Å². The van der Waals surface area contributed by atoms with Crippen LogP contribution in [0.25, 0.3) is 76.6 Å². The van der Waals surface area contributed by atoms with Gasteiger partial charge in [-0.25, -0.2) is 15.0 Å². The molecule has 0 spiro atoms. The van der Waals surface area contributed by atoms with Crippen LogP contribution < -0.4 is 4.90 Å². The molecule has 4 nitrogen and oxygen atoms in total. The van der Waals surface area contributed by atoms with Gasteiger partial charge in [-0.3, -0.25) is 0 Å². The maximum atomic E-state index is 5.35. The highest BCUT2D eigenvalue weighted by Crippen LogP contribution is 2.55. The van der Waals surface area contributed by atoms with Gasteiger partial charge in [0.25, 0.3) is 0 Å². The quantitative estimate of drug-likeness (QED) is 0.168. The van der Waals surface area contributed by atoms with E-state index in [9.17, 15) is 0 Å². The summed E-state index contributed by atoms with van der Waals surface area (Å²) >= 11 is 1.82. The Morgan fingerprint density at radius 1 is 0.403 bits per heavy atom. The Morgan fingerprint density at radius 3 is 1.77 bits per heavy atom. The smallest absolute Gasteiger partial charge is 0.164 e. The second-order valence-corrected chi connectivity index (χ2v) is 18.7. The monoisotopic (exact) mass is 814 g/mol. The molecule has 2 aromatic heterocycles. The van der Waals surface area contributed by atoms with Crippen LogP contribution in [0.4, 0.5) is 17.1 Å². The molecule has 5 heteroatoms. The van der Waals surface area contributed by atoms with Gasteiger partial charge in [0, 0.05) is 64.6 Å². The fraction of sp³-hybridized carbons (Fsp3) is 0.105. The van der Waals surface area contributed by atoms with Crippen LogP contribution in [0.15, 0.2) is 182 Å². The average Bonchev–Trinajstić information content (AvgIpc) is 3.89. The predicted molar refractivity (Wildman–Crippen MR) is 259 cm³/mol. The summed E-state index contributed by atoms with van der Waals surface area (Å²) in [6.45, 7) is 9.31. The van der Waals surface area contributed by atoms with Crippen molar-refractivity contribution in [3.63, 3.8) is 0 Å². The topological polar surface area (TPSA) is 41.9 Å². The molecule has 62 heavy (non-hydrogen) atoms. The third kappa shape index (κ3) is 5.48. The van der Waals surface area contributed by atoms with E-state index in [0.29, 0.717) is 17.5 Å². The zero-order valence-corrected chi connectivity index (χ0v) is 35.8. The number of anilines is 3. The van der Waals surface area contributed by atoms with Crippen molar-refractivity contribution in [2.75, 3.05) is 4.90 Å². The number of aromatic nitrogens is 3. The maximum absolute atomic E-state index is 5.35. The predicted octanol–water partition coefficient (Wildman–Crippen LogP) is 15.3. The first-order valence-electron chi connectivity index (χ1n) is 21.4. The number of fused-ring (bicyclic) bond motifs is 9. The van der Waals surface area contributed by atoms with Gasteiger partial charge in [0.15, 0.2) is 17.5 Å². The van der Waals surface area contributed by atoms with Crippen molar-refractivity contribution >= 4 is 48.6 Å². The molecule has 0 amide bonds. The molecule has 10 aromatic rings. The van der Waals surface area contributed by atoms with E-state index in [2.05, 4.69) is 215 Å². The fourth-order valence-electron chi connectivity index (χ4n) is 10.3. The van der Waals surface area contributed by atoms with Crippen LogP contribution in [0.1, 0.15) is 49.9 Å². The van der Waals surface area contributed by atoms with Gasteiger partial charge in [-0.15, -0.1) is 11.3 Å². The van der Waals surface area contributed by atoms with Crippen LogP contribution in [0, 0.1) is 0 Å². The van der Waals surface area contributed by atoms with Gasteiger partial charge in [-0.05, 0) is 106 Å². The van der Waals surface area contributed by atoms with E-state index in [4.69, 9.17) is 15.0 Å². The third-order valence-corrected chi connectivity index (χ3v) is 14.5. The van der Waals surface area contributed by atoms with Crippen LogP contribution in [-0.2, 0) is 10.8 Å². The minimum absolute atomic E-state index is 0.111. The molecule has 0 unspecified atom stereocenters. The van der Waals surface area contributed by atoms with Crippen LogP contribution in [-0.4, -0.2) is 15.0 Å². The summed E-state index contributed by atoms with van der Waals surface area (Å²) in [5.41, 5.74) is 16.2. The summed E-state index contributed by atoms with van der Waals surface area (Å²) in [6.07, 6.45) is 0. The zero-order valence-electron chi connectivity index (χ0n) is 35.0. The molecule has 0 saturated heterocycles. The lowest BCUT2D eigenvalue weighted by atomic mass is 9.80. The van der Waals surface area contributed by atoms with E-state index in [-0.39, 0.29) is 10.8 Å². The molecule has 2 heterocycles. The van der Waals surface area contributed by atoms with Gasteiger partial charge < -0.3 is 4.90 Å². The maximum Gasteiger partial charge on any atom is 0.164 e. The van der Waals surface area contributed by atoms with Gasteiger partial charge >= 0.3 is 0 Å². The SMILES string of the molecule is CC1(C)c2ccccc2-c2c(N(c3ccccc3)c3ccc(-c4nc(-c5ccc6sc7ccccc7c6c5)nc(-c5cccc6c5C(C)(C)c5ccccc5-6)n4)cc3)cccc21. The summed E-state index contributed by atoms with van der Waals surface area (Å²) in [4.78, 5) is 18.4. The normalized spacial score (nSPS) is 14.1. The van der Waals surface area contributed by atoms with E-state index < -0.39 is 0 Å². The zero-order chi connectivity index (χ0) is 41.7. The van der Waals surface area contributed by atoms with Crippen LogP contribution in [0.5, 0.6) is 0 Å². The summed E-state index contributed by atoms with van der Waals surface area (Å²) in [7, 11) is 0. The molecule has 2 aliphatic rings. The Labute approximate surface area is 365 Å². The number of para-hydroxylation sites is 1. The fourth-order valence-corrected chi connectivity index (χ4v) is 11.4. The first-order chi connectivity index (χ1) is 30.3. The lowest BCUT2D eigenvalue weighted by Crippen LogP contribution is -2.17. The van der Waals surface area contributed by atoms with Crippen molar-refractivity contribution in [3.8, 4) is 56.4 Å². The molecule has 0 saturated carbocycles. The molecule has 0 fully saturated rings. The molecule has 0 aliphatic heterocycles. The van der Waals surface area contributed by atoms with Crippen molar-refractivity contribution in [1.82, 2.24) is 15.0 Å². The lowest BCUT2D eigenvalue weighted by Gasteiger charge is -2.29. The van der Waals surface area contributed by atoms with E-state index in [0.717, 1.165) is 33.8 Å². The molecule has 0 N–H and O–H groups in total. The number of benzene rings is 8. The largest absolute Gasteiger partial charge is 0.310 e. The number of rotatable bonds is 6. The number of nitrogens with zero attached hydrogens (tertiary/aromatic N) is 4. The highest BCUT2D eigenvalue weighted by Gasteiger charge is 2.39. The average molecular weight is 815 g/mol. The number of hydrogen-bond donors (Lipinski definition) is 0. The molecule has 296 valence electrons. The minimum atomic E-state index is -0.236. The van der Waals surface area contributed by atoms with Gasteiger partial charge in [0.2, 0.25) is 0 Å². The molecule has 0 radical (unpaired) electrons. The van der Waals surface area contributed by atoms with Crippen molar-refractivity contribution in [1.29, 1.82) is 0 Å². The van der Waals surface area contributed by atoms with Crippen molar-refractivity contribution < 1.29 is 0 Å². The van der Waals surface area contributed by atoms with Gasteiger partial charge in [-0.1, -0.05) is 143 Å². The number of thiophene rings is 1. The summed E-state index contributed by atoms with van der Waals surface area (Å²) < 4.78 is 2.52. The third-order valence-electron chi connectivity index (χ3n) is 13.3. The van der Waals surface area contributed by atoms with E-state index in [1.807, 2.05) is 11.3 Å². The Hall–Kier alpha value is -7.21. The van der Waals surface area contributed by atoms with E-state index in [1.165, 1.54) is 64.7 Å². The molecule has 8 aromatic carbocycles. The van der Waals surface area contributed by atoms with Gasteiger partial charge in [0.1, 0.15) is 0 Å². The minimum Gasteiger partial charge on any atom is -0.310 e. The standard InChI is InChI=1S/C57H42N4S/c1-56(2)46-24-12-9-20-42(46)51-47(56)25-15-26-48(51)61(37-16-6-5-7-17-37)38-31-28-35(29-32-38)53-58-54(36-30-33-50-44(34-36)40-19-10-13-27-49(40)62-50)60-55(59-53)43-22-14-21-41-39-18-8-11-23-45(39)57(3,4)52(41)43/h5-34H,1-4H3. The first-order valence-corrected chi connectivity index (χ1v) is 22.2. The summed E-state index contributed by atoms with van der Waals surface area (Å²) in [5.74, 6) is 1.97. The summed E-state index contributed by atoms with van der Waals surface area (Å²) in [6, 6.07) is 65.7. The van der Waals surface area contributed by atoms with Gasteiger partial charge in [-0.2, -0.15) is 0 Å². The van der Waals surface area contributed by atoms with E-state index in [1.54, 1.807) is 0 Å². The molecular formula is C57H42N4S. The van der Waals surface area contributed by atoms with Crippen LogP contribution >= 0.6 is 11.3 Å². The van der Waals surface area contributed by atoms with Crippen LogP contribution in [0.3, 0.4) is 0 Å². The summed E-state index contributed by atoms with van der Waals surface area (Å²) in [5, 5.41) is 2.46. The molecule has 2 aliphatic carbocycles. The first kappa shape index (κ1) is 36.6. The lowest BCUT2D eigenvalue weighted by molar-refractivity contribution is 0.660. The molecule has 0 atom stereocenters. The Kier molecular flexibility index (Phi) is 8.06. The number of hydrogen-bond acceptors (Lipinski definition) is 5.